The Morgan fingerprint density at radius 3 is 1.68 bits per heavy atom. The normalized spacial score (nSPS) is 25.4. The molecule has 3 heteroatoms. The molecule has 2 rings (SSSR count). The largest absolute Gasteiger partial charge is 0.294 e. The van der Waals surface area contributed by atoms with Crippen LogP contribution in [-0.2, 0) is 14.4 Å². The molecule has 1 atom stereocenters. The smallest absolute Gasteiger partial charge is 0.184 e. The zero-order valence-electron chi connectivity index (χ0n) is 11.8. The zero-order valence-corrected chi connectivity index (χ0v) is 11.8. The lowest BCUT2D eigenvalue weighted by atomic mass is 9.85. The van der Waals surface area contributed by atoms with E-state index in [-0.39, 0.29) is 23.3 Å². The predicted octanol–water partition coefficient (Wildman–Crippen LogP) is 2.57. The molecule has 3 nitrogen and oxygen atoms in total. The maximum atomic E-state index is 12.1. The first kappa shape index (κ1) is 13.7. The highest BCUT2D eigenvalue weighted by atomic mass is 16.2. The first-order valence-corrected chi connectivity index (χ1v) is 6.44. The molecule has 100 valence electrons. The second-order valence-corrected chi connectivity index (χ2v) is 5.48. The Balaban J connectivity index is 2.26. The standard InChI is InChI=1S/C16H18O3/c1-7-8(2)14(17)11(5)12(7)6-13-15(18)9(3)10(4)16(13)19/h12-13H,5-6H2,1-4H3. The fraction of sp³-hybridized carbons (Fsp3) is 0.438. The van der Waals surface area contributed by atoms with Crippen molar-refractivity contribution >= 4 is 17.3 Å². The highest BCUT2D eigenvalue weighted by Crippen LogP contribution is 2.39. The van der Waals surface area contributed by atoms with E-state index >= 15 is 0 Å². The summed E-state index contributed by atoms with van der Waals surface area (Å²) in [6.45, 7) is 10.9. The Hall–Kier alpha value is -1.77. The molecule has 0 aliphatic heterocycles. The Kier molecular flexibility index (Phi) is 3.17. The lowest BCUT2D eigenvalue weighted by molar-refractivity contribution is -0.127. The van der Waals surface area contributed by atoms with Crippen molar-refractivity contribution < 1.29 is 14.4 Å². The molecule has 0 radical (unpaired) electrons. The van der Waals surface area contributed by atoms with Gasteiger partial charge in [0.2, 0.25) is 0 Å². The summed E-state index contributed by atoms with van der Waals surface area (Å²) >= 11 is 0. The average molecular weight is 258 g/mol. The van der Waals surface area contributed by atoms with Crippen LogP contribution in [0.4, 0.5) is 0 Å². The SMILES string of the molecule is C=C1C(=O)C(C)=C(C)C1CC1C(=O)C(C)=C(C)C1=O. The van der Waals surface area contributed by atoms with E-state index in [4.69, 9.17) is 0 Å². The molecule has 0 fully saturated rings. The fourth-order valence-electron chi connectivity index (χ4n) is 2.88. The monoisotopic (exact) mass is 258 g/mol. The minimum atomic E-state index is -0.629. The van der Waals surface area contributed by atoms with Crippen LogP contribution in [0.1, 0.15) is 34.1 Å². The second-order valence-electron chi connectivity index (χ2n) is 5.48. The molecule has 0 aromatic rings. The Labute approximate surface area is 113 Å². The first-order valence-electron chi connectivity index (χ1n) is 6.44. The van der Waals surface area contributed by atoms with Crippen molar-refractivity contribution in [1.82, 2.24) is 0 Å². The van der Waals surface area contributed by atoms with Gasteiger partial charge in [-0.15, -0.1) is 0 Å². The van der Waals surface area contributed by atoms with Crippen LogP contribution < -0.4 is 0 Å². The summed E-state index contributed by atoms with van der Waals surface area (Å²) in [5.41, 5.74) is 3.27. The Bertz CT molecular complexity index is 563. The third-order valence-corrected chi connectivity index (χ3v) is 4.57. The van der Waals surface area contributed by atoms with Gasteiger partial charge in [-0.25, -0.2) is 0 Å². The molecule has 19 heavy (non-hydrogen) atoms. The molecule has 1 unspecified atom stereocenters. The molecule has 0 saturated heterocycles. The number of rotatable bonds is 2. The van der Waals surface area contributed by atoms with Gasteiger partial charge in [0, 0.05) is 5.92 Å². The maximum Gasteiger partial charge on any atom is 0.184 e. The Morgan fingerprint density at radius 2 is 1.32 bits per heavy atom. The van der Waals surface area contributed by atoms with Crippen molar-refractivity contribution in [1.29, 1.82) is 0 Å². The van der Waals surface area contributed by atoms with Crippen LogP contribution in [0.15, 0.2) is 34.4 Å². The summed E-state index contributed by atoms with van der Waals surface area (Å²) in [4.78, 5) is 36.0. The number of carbonyl (C=O) groups excluding carboxylic acids is 3. The molecule has 0 bridgehead atoms. The van der Waals surface area contributed by atoms with E-state index in [0.717, 1.165) is 5.57 Å². The summed E-state index contributed by atoms with van der Waals surface area (Å²) in [5.74, 6) is -1.03. The molecular weight excluding hydrogens is 240 g/mol. The van der Waals surface area contributed by atoms with Gasteiger partial charge in [0.25, 0.3) is 0 Å². The zero-order chi connectivity index (χ0) is 14.5. The van der Waals surface area contributed by atoms with Crippen molar-refractivity contribution in [2.24, 2.45) is 11.8 Å². The van der Waals surface area contributed by atoms with Gasteiger partial charge in [0.1, 0.15) is 0 Å². The van der Waals surface area contributed by atoms with Gasteiger partial charge in [-0.05, 0) is 56.4 Å². The van der Waals surface area contributed by atoms with Crippen LogP contribution in [0.25, 0.3) is 0 Å². The van der Waals surface area contributed by atoms with Gasteiger partial charge in [0.15, 0.2) is 17.3 Å². The number of hydrogen-bond donors (Lipinski definition) is 0. The van der Waals surface area contributed by atoms with Crippen LogP contribution in [0.5, 0.6) is 0 Å². The first-order chi connectivity index (χ1) is 8.77. The van der Waals surface area contributed by atoms with Crippen molar-refractivity contribution in [2.45, 2.75) is 34.1 Å². The third kappa shape index (κ3) is 1.84. The van der Waals surface area contributed by atoms with Crippen molar-refractivity contribution in [3.63, 3.8) is 0 Å². The van der Waals surface area contributed by atoms with Crippen molar-refractivity contribution in [2.75, 3.05) is 0 Å². The lowest BCUT2D eigenvalue weighted by Crippen LogP contribution is -2.22. The van der Waals surface area contributed by atoms with Crippen molar-refractivity contribution in [3.05, 3.63) is 34.4 Å². The van der Waals surface area contributed by atoms with Crippen molar-refractivity contribution in [3.8, 4) is 0 Å². The van der Waals surface area contributed by atoms with E-state index in [1.807, 2.05) is 6.92 Å². The number of Topliss-reactive ketones (excluding diaryl/α,β-unsaturated/α-hetero) is 3. The molecule has 0 spiro atoms. The summed E-state index contributed by atoms with van der Waals surface area (Å²) in [7, 11) is 0. The van der Waals surface area contributed by atoms with Crippen LogP contribution in [0, 0.1) is 11.8 Å². The van der Waals surface area contributed by atoms with Gasteiger partial charge in [-0.2, -0.15) is 0 Å². The Morgan fingerprint density at radius 1 is 0.842 bits per heavy atom. The second kappa shape index (κ2) is 4.41. The minimum Gasteiger partial charge on any atom is -0.294 e. The topological polar surface area (TPSA) is 51.2 Å². The molecular formula is C16H18O3. The van der Waals surface area contributed by atoms with E-state index < -0.39 is 5.92 Å². The maximum absolute atomic E-state index is 12.1. The summed E-state index contributed by atoms with van der Waals surface area (Å²) in [5, 5.41) is 0. The van der Waals surface area contributed by atoms with E-state index in [9.17, 15) is 14.4 Å². The molecule has 2 aliphatic carbocycles. The van der Waals surface area contributed by atoms with Gasteiger partial charge >= 0.3 is 0 Å². The molecule has 0 saturated carbocycles. The van der Waals surface area contributed by atoms with Crippen LogP contribution >= 0.6 is 0 Å². The lowest BCUT2D eigenvalue weighted by Gasteiger charge is -2.16. The van der Waals surface area contributed by atoms with Gasteiger partial charge in [-0.3, -0.25) is 14.4 Å². The van der Waals surface area contributed by atoms with E-state index in [1.165, 1.54) is 0 Å². The number of allylic oxidation sites excluding steroid dienone is 5. The van der Waals surface area contributed by atoms with Gasteiger partial charge in [-0.1, -0.05) is 12.2 Å². The number of ketones is 3. The van der Waals surface area contributed by atoms with E-state index in [0.29, 0.717) is 28.7 Å². The predicted molar refractivity (Wildman–Crippen MR) is 72.5 cm³/mol. The summed E-state index contributed by atoms with van der Waals surface area (Å²) in [6, 6.07) is 0. The van der Waals surface area contributed by atoms with Crippen LogP contribution in [0.3, 0.4) is 0 Å². The van der Waals surface area contributed by atoms with Crippen LogP contribution in [-0.4, -0.2) is 17.3 Å². The average Bonchev–Trinajstić information content (AvgIpc) is 2.68. The fourth-order valence-corrected chi connectivity index (χ4v) is 2.88. The molecule has 0 aromatic carbocycles. The summed E-state index contributed by atoms with van der Waals surface area (Å²) < 4.78 is 0. The molecule has 0 aromatic heterocycles. The molecule has 0 heterocycles. The molecule has 0 amide bonds. The number of hydrogen-bond acceptors (Lipinski definition) is 3. The third-order valence-electron chi connectivity index (χ3n) is 4.57. The highest BCUT2D eigenvalue weighted by Gasteiger charge is 2.41. The van der Waals surface area contributed by atoms with Gasteiger partial charge < -0.3 is 0 Å². The minimum absolute atomic E-state index is 0.0400. The molecule has 2 aliphatic rings. The number of carbonyl (C=O) groups is 3. The van der Waals surface area contributed by atoms with E-state index in [2.05, 4.69) is 6.58 Å². The highest BCUT2D eigenvalue weighted by molar-refractivity contribution is 6.24. The quantitative estimate of drug-likeness (QED) is 0.565. The molecule has 0 N–H and O–H groups in total. The van der Waals surface area contributed by atoms with Crippen LogP contribution in [0.2, 0.25) is 0 Å². The van der Waals surface area contributed by atoms with E-state index in [1.54, 1.807) is 20.8 Å². The van der Waals surface area contributed by atoms with Gasteiger partial charge in [0.05, 0.1) is 5.92 Å². The summed E-state index contributed by atoms with van der Waals surface area (Å²) in [6.07, 6.45) is 0.375.